The maximum Gasteiger partial charge on any atom is 0.338 e. The van der Waals surface area contributed by atoms with Gasteiger partial charge in [-0.05, 0) is 42.7 Å². The molecule has 2 aromatic rings. The van der Waals surface area contributed by atoms with Crippen LogP contribution in [0.4, 0.5) is 5.69 Å². The third kappa shape index (κ3) is 7.09. The molecule has 0 aliphatic heterocycles. The van der Waals surface area contributed by atoms with Crippen molar-refractivity contribution in [1.82, 2.24) is 0 Å². The number of esters is 1. The Labute approximate surface area is 182 Å². The number of anilines is 1. The molecule has 0 radical (unpaired) electrons. The fourth-order valence-electron chi connectivity index (χ4n) is 2.63. The summed E-state index contributed by atoms with van der Waals surface area (Å²) >= 11 is 0. The van der Waals surface area contributed by atoms with Gasteiger partial charge in [-0.15, -0.1) is 0 Å². The molecule has 0 spiro atoms. The second-order valence-electron chi connectivity index (χ2n) is 7.09. The fraction of sp³-hybridized carbons (Fsp3) is 0.391. The molecular formula is C23H29NO7. The third-order valence-electron chi connectivity index (χ3n) is 4.37. The van der Waals surface area contributed by atoms with Crippen molar-refractivity contribution < 1.29 is 33.3 Å². The SMILES string of the molecule is COc1ccc(OC)c(NC(=O)COC(=O)c2ccc(OCCC(C)C)c(OC)c2)c1. The van der Waals surface area contributed by atoms with E-state index >= 15 is 0 Å². The quantitative estimate of drug-likeness (QED) is 0.539. The number of methoxy groups -OCH3 is 3. The summed E-state index contributed by atoms with van der Waals surface area (Å²) in [6.07, 6.45) is 0.903. The first-order valence-electron chi connectivity index (χ1n) is 9.87. The number of rotatable bonds is 11. The molecule has 0 saturated carbocycles. The molecule has 2 rings (SSSR count). The van der Waals surface area contributed by atoms with E-state index in [1.165, 1.54) is 27.4 Å². The van der Waals surface area contributed by atoms with Crippen LogP contribution in [0.2, 0.25) is 0 Å². The van der Waals surface area contributed by atoms with Crippen molar-refractivity contribution in [1.29, 1.82) is 0 Å². The highest BCUT2D eigenvalue weighted by atomic mass is 16.5. The van der Waals surface area contributed by atoms with E-state index in [-0.39, 0.29) is 5.56 Å². The van der Waals surface area contributed by atoms with E-state index in [9.17, 15) is 9.59 Å². The maximum absolute atomic E-state index is 12.4. The summed E-state index contributed by atoms with van der Waals surface area (Å²) < 4.78 is 26.5. The number of carbonyl (C=O) groups excluding carboxylic acids is 2. The second-order valence-corrected chi connectivity index (χ2v) is 7.09. The Hall–Kier alpha value is -3.42. The van der Waals surface area contributed by atoms with Gasteiger partial charge >= 0.3 is 5.97 Å². The van der Waals surface area contributed by atoms with E-state index in [2.05, 4.69) is 19.2 Å². The van der Waals surface area contributed by atoms with Gasteiger partial charge in [0.25, 0.3) is 5.91 Å². The Balaban J connectivity index is 1.96. The highest BCUT2D eigenvalue weighted by molar-refractivity contribution is 5.96. The highest BCUT2D eigenvalue weighted by Crippen LogP contribution is 2.30. The fourth-order valence-corrected chi connectivity index (χ4v) is 2.63. The monoisotopic (exact) mass is 431 g/mol. The van der Waals surface area contributed by atoms with Crippen LogP contribution in [-0.4, -0.2) is 46.4 Å². The molecule has 0 unspecified atom stereocenters. The first kappa shape index (κ1) is 23.9. The van der Waals surface area contributed by atoms with Crippen LogP contribution < -0.4 is 24.3 Å². The summed E-state index contributed by atoms with van der Waals surface area (Å²) in [5, 5.41) is 2.64. The zero-order chi connectivity index (χ0) is 22.8. The lowest BCUT2D eigenvalue weighted by molar-refractivity contribution is -0.119. The van der Waals surface area contributed by atoms with Gasteiger partial charge in [-0.1, -0.05) is 13.8 Å². The predicted octanol–water partition coefficient (Wildman–Crippen LogP) is 3.93. The largest absolute Gasteiger partial charge is 0.497 e. The van der Waals surface area contributed by atoms with Gasteiger partial charge in [0.2, 0.25) is 0 Å². The molecule has 1 N–H and O–H groups in total. The Morgan fingerprint density at radius 2 is 1.61 bits per heavy atom. The van der Waals surface area contributed by atoms with Crippen LogP contribution >= 0.6 is 0 Å². The van der Waals surface area contributed by atoms with E-state index in [0.717, 1.165) is 6.42 Å². The average molecular weight is 431 g/mol. The third-order valence-corrected chi connectivity index (χ3v) is 4.37. The summed E-state index contributed by atoms with van der Waals surface area (Å²) in [6.45, 7) is 4.31. The highest BCUT2D eigenvalue weighted by Gasteiger charge is 2.15. The van der Waals surface area contributed by atoms with Crippen molar-refractivity contribution in [2.45, 2.75) is 20.3 Å². The zero-order valence-corrected chi connectivity index (χ0v) is 18.5. The Kier molecular flexibility index (Phi) is 8.99. The summed E-state index contributed by atoms with van der Waals surface area (Å²) in [4.78, 5) is 24.6. The number of amides is 1. The summed E-state index contributed by atoms with van der Waals surface area (Å²) in [7, 11) is 4.50. The van der Waals surface area contributed by atoms with Gasteiger partial charge in [-0.3, -0.25) is 4.79 Å². The van der Waals surface area contributed by atoms with Crippen LogP contribution in [0.5, 0.6) is 23.0 Å². The molecule has 1 amide bonds. The predicted molar refractivity (Wildman–Crippen MR) is 116 cm³/mol. The van der Waals surface area contributed by atoms with Gasteiger partial charge < -0.3 is 29.0 Å². The van der Waals surface area contributed by atoms with Gasteiger partial charge in [0.15, 0.2) is 18.1 Å². The minimum absolute atomic E-state index is 0.250. The van der Waals surface area contributed by atoms with Crippen LogP contribution in [-0.2, 0) is 9.53 Å². The number of ether oxygens (including phenoxy) is 5. The lowest BCUT2D eigenvalue weighted by atomic mass is 10.1. The maximum atomic E-state index is 12.4. The van der Waals surface area contributed by atoms with E-state index in [1.54, 1.807) is 30.3 Å². The van der Waals surface area contributed by atoms with E-state index in [0.29, 0.717) is 41.2 Å². The van der Waals surface area contributed by atoms with Crippen LogP contribution in [0.3, 0.4) is 0 Å². The average Bonchev–Trinajstić information content (AvgIpc) is 2.77. The molecule has 168 valence electrons. The number of benzene rings is 2. The molecule has 0 bridgehead atoms. The van der Waals surface area contributed by atoms with Gasteiger partial charge in [-0.2, -0.15) is 0 Å². The Bertz CT molecular complexity index is 895. The van der Waals surface area contributed by atoms with E-state index < -0.39 is 18.5 Å². The molecule has 2 aromatic carbocycles. The number of carbonyl (C=O) groups is 2. The summed E-state index contributed by atoms with van der Waals surface area (Å²) in [5.41, 5.74) is 0.660. The van der Waals surface area contributed by atoms with Gasteiger partial charge in [0.05, 0.1) is 39.2 Å². The summed E-state index contributed by atoms with van der Waals surface area (Å²) in [5.74, 6) is 1.32. The molecule has 0 aromatic heterocycles. The molecule has 8 nitrogen and oxygen atoms in total. The minimum Gasteiger partial charge on any atom is -0.497 e. The van der Waals surface area contributed by atoms with Gasteiger partial charge in [-0.25, -0.2) is 4.79 Å². The van der Waals surface area contributed by atoms with Crippen molar-refractivity contribution in [3.8, 4) is 23.0 Å². The normalized spacial score (nSPS) is 10.4. The van der Waals surface area contributed by atoms with Crippen LogP contribution in [0, 0.1) is 5.92 Å². The molecule has 0 aliphatic carbocycles. The van der Waals surface area contributed by atoms with Crippen molar-refractivity contribution in [3.63, 3.8) is 0 Å². The first-order valence-corrected chi connectivity index (χ1v) is 9.87. The summed E-state index contributed by atoms with van der Waals surface area (Å²) in [6, 6.07) is 9.72. The Morgan fingerprint density at radius 1 is 0.903 bits per heavy atom. The van der Waals surface area contributed by atoms with Crippen LogP contribution in [0.25, 0.3) is 0 Å². The van der Waals surface area contributed by atoms with Gasteiger partial charge in [0, 0.05) is 6.07 Å². The number of hydrogen-bond donors (Lipinski definition) is 1. The lowest BCUT2D eigenvalue weighted by Gasteiger charge is -2.13. The van der Waals surface area contributed by atoms with E-state index in [1.807, 2.05) is 0 Å². The molecule has 0 heterocycles. The number of hydrogen-bond acceptors (Lipinski definition) is 7. The van der Waals surface area contributed by atoms with Crippen LogP contribution in [0.15, 0.2) is 36.4 Å². The first-order chi connectivity index (χ1) is 14.9. The molecule has 0 fully saturated rings. The van der Waals surface area contributed by atoms with Crippen molar-refractivity contribution >= 4 is 17.6 Å². The van der Waals surface area contributed by atoms with Crippen molar-refractivity contribution in [3.05, 3.63) is 42.0 Å². The Morgan fingerprint density at radius 3 is 2.26 bits per heavy atom. The smallest absolute Gasteiger partial charge is 0.338 e. The second kappa shape index (κ2) is 11.7. The molecule has 8 heteroatoms. The van der Waals surface area contributed by atoms with Crippen molar-refractivity contribution in [2.24, 2.45) is 5.92 Å². The number of nitrogens with one attached hydrogen (secondary N) is 1. The van der Waals surface area contributed by atoms with Gasteiger partial charge in [0.1, 0.15) is 11.5 Å². The lowest BCUT2D eigenvalue weighted by Crippen LogP contribution is -2.21. The minimum atomic E-state index is -0.653. The zero-order valence-electron chi connectivity index (χ0n) is 18.5. The van der Waals surface area contributed by atoms with Crippen molar-refractivity contribution in [2.75, 3.05) is 39.9 Å². The van der Waals surface area contributed by atoms with Crippen LogP contribution in [0.1, 0.15) is 30.6 Å². The topological polar surface area (TPSA) is 92.3 Å². The molecule has 31 heavy (non-hydrogen) atoms. The molecular weight excluding hydrogens is 402 g/mol. The molecule has 0 atom stereocenters. The standard InChI is InChI=1S/C23H29NO7/c1-15(2)10-11-30-20-8-6-16(12-21(20)29-5)23(26)31-14-22(25)24-18-13-17(27-3)7-9-19(18)28-4/h6-9,12-13,15H,10-11,14H2,1-5H3,(H,24,25). The van der Waals surface area contributed by atoms with E-state index in [4.69, 9.17) is 23.7 Å². The molecule has 0 saturated heterocycles. The molecule has 0 aliphatic rings.